The molecule has 0 spiro atoms. The van der Waals surface area contributed by atoms with E-state index in [1.165, 1.54) is 0 Å². The Kier molecular flexibility index (Phi) is 2.47. The maximum Gasteiger partial charge on any atom is 0.224 e. The Bertz CT molecular complexity index is 593. The third kappa shape index (κ3) is 1.81. The highest BCUT2D eigenvalue weighted by atomic mass is 16.1. The van der Waals surface area contributed by atoms with Gasteiger partial charge in [-0.1, -0.05) is 0 Å². The number of rotatable bonds is 1. The second-order valence-corrected chi connectivity index (χ2v) is 4.12. The van der Waals surface area contributed by atoms with Crippen LogP contribution in [-0.2, 0) is 4.79 Å². The lowest BCUT2D eigenvalue weighted by Gasteiger charge is -2.21. The number of amides is 1. The van der Waals surface area contributed by atoms with Gasteiger partial charge in [0.15, 0.2) is 5.65 Å². The zero-order chi connectivity index (χ0) is 12.5. The average molecular weight is 247 g/mol. The van der Waals surface area contributed by atoms with E-state index in [1.807, 2.05) is 4.90 Å². The van der Waals surface area contributed by atoms with Gasteiger partial charge < -0.3 is 16.0 Å². The van der Waals surface area contributed by atoms with Gasteiger partial charge in [0.2, 0.25) is 11.9 Å². The van der Waals surface area contributed by atoms with Crippen molar-refractivity contribution in [2.24, 2.45) is 0 Å². The molecule has 1 fully saturated rings. The standard InChI is InChI=1S/C10H13N7O/c11-10-14-8-6(5-13-16-8)9(15-10)17-3-1-7(18)12-2-4-17/h5H,1-4H2,(H,12,18)(H3,11,13,14,15,16). The van der Waals surface area contributed by atoms with Gasteiger partial charge in [-0.05, 0) is 0 Å². The van der Waals surface area contributed by atoms with Gasteiger partial charge in [0, 0.05) is 26.1 Å². The van der Waals surface area contributed by atoms with E-state index in [1.54, 1.807) is 6.20 Å². The lowest BCUT2D eigenvalue weighted by molar-refractivity contribution is -0.120. The van der Waals surface area contributed by atoms with Crippen molar-refractivity contribution < 1.29 is 4.79 Å². The van der Waals surface area contributed by atoms with E-state index in [4.69, 9.17) is 5.73 Å². The number of carbonyl (C=O) groups excluding carboxylic acids is 1. The van der Waals surface area contributed by atoms with Gasteiger partial charge >= 0.3 is 0 Å². The second-order valence-electron chi connectivity index (χ2n) is 4.12. The summed E-state index contributed by atoms with van der Waals surface area (Å²) in [6.07, 6.45) is 2.12. The molecule has 2 aromatic heterocycles. The quantitative estimate of drug-likeness (QED) is 0.612. The fourth-order valence-corrected chi connectivity index (χ4v) is 2.06. The van der Waals surface area contributed by atoms with Gasteiger partial charge in [-0.15, -0.1) is 0 Å². The van der Waals surface area contributed by atoms with Gasteiger partial charge in [-0.2, -0.15) is 15.1 Å². The zero-order valence-corrected chi connectivity index (χ0v) is 9.68. The summed E-state index contributed by atoms with van der Waals surface area (Å²) in [5.41, 5.74) is 6.29. The number of carbonyl (C=O) groups is 1. The molecule has 0 bridgehead atoms. The molecular formula is C10H13N7O. The summed E-state index contributed by atoms with van der Waals surface area (Å²) in [6, 6.07) is 0. The molecule has 0 atom stereocenters. The SMILES string of the molecule is Nc1nc(N2CCNC(=O)CC2)c2cn[nH]c2n1. The molecule has 1 aliphatic heterocycles. The van der Waals surface area contributed by atoms with Crippen molar-refractivity contribution in [3.63, 3.8) is 0 Å². The molecule has 94 valence electrons. The van der Waals surface area contributed by atoms with Crippen molar-refractivity contribution in [2.75, 3.05) is 30.3 Å². The fraction of sp³-hybridized carbons (Fsp3) is 0.400. The van der Waals surface area contributed by atoms with Crippen LogP contribution in [-0.4, -0.2) is 45.7 Å². The Hall–Kier alpha value is -2.38. The highest BCUT2D eigenvalue weighted by molar-refractivity contribution is 5.88. The van der Waals surface area contributed by atoms with E-state index in [0.29, 0.717) is 31.7 Å². The van der Waals surface area contributed by atoms with Crippen LogP contribution >= 0.6 is 0 Å². The van der Waals surface area contributed by atoms with Crippen LogP contribution in [0.5, 0.6) is 0 Å². The van der Waals surface area contributed by atoms with Crippen molar-refractivity contribution in [1.82, 2.24) is 25.5 Å². The Balaban J connectivity index is 2.02. The van der Waals surface area contributed by atoms with E-state index >= 15 is 0 Å². The minimum Gasteiger partial charge on any atom is -0.368 e. The van der Waals surface area contributed by atoms with Gasteiger partial charge in [0.05, 0.1) is 11.6 Å². The van der Waals surface area contributed by atoms with Gasteiger partial charge in [0.1, 0.15) is 5.82 Å². The summed E-state index contributed by atoms with van der Waals surface area (Å²) in [7, 11) is 0. The molecule has 3 heterocycles. The highest BCUT2D eigenvalue weighted by Crippen LogP contribution is 2.23. The normalized spacial score (nSPS) is 16.7. The molecule has 1 aliphatic rings. The molecule has 1 saturated heterocycles. The summed E-state index contributed by atoms with van der Waals surface area (Å²) in [5.74, 6) is 0.982. The highest BCUT2D eigenvalue weighted by Gasteiger charge is 2.18. The first-order valence-electron chi connectivity index (χ1n) is 5.72. The predicted octanol–water partition coefficient (Wildman–Crippen LogP) is -0.739. The number of nitrogens with zero attached hydrogens (tertiary/aromatic N) is 4. The number of nitrogens with two attached hydrogens (primary N) is 1. The molecule has 4 N–H and O–H groups in total. The lowest BCUT2D eigenvalue weighted by Crippen LogP contribution is -2.29. The first kappa shape index (κ1) is 10.8. The molecule has 0 aliphatic carbocycles. The molecular weight excluding hydrogens is 234 g/mol. The van der Waals surface area contributed by atoms with Crippen molar-refractivity contribution in [3.8, 4) is 0 Å². The van der Waals surface area contributed by atoms with Gasteiger partial charge in [-0.25, -0.2) is 0 Å². The number of H-pyrrole nitrogens is 1. The number of hydrogen-bond acceptors (Lipinski definition) is 6. The van der Waals surface area contributed by atoms with Crippen LogP contribution in [0.2, 0.25) is 0 Å². The zero-order valence-electron chi connectivity index (χ0n) is 9.68. The second kappa shape index (κ2) is 4.13. The third-order valence-corrected chi connectivity index (χ3v) is 2.92. The van der Waals surface area contributed by atoms with Crippen molar-refractivity contribution in [2.45, 2.75) is 6.42 Å². The number of nitrogens with one attached hydrogen (secondary N) is 2. The molecule has 18 heavy (non-hydrogen) atoms. The summed E-state index contributed by atoms with van der Waals surface area (Å²) in [5, 5.41) is 10.4. The number of fused-ring (bicyclic) bond motifs is 1. The topological polar surface area (TPSA) is 113 Å². The Morgan fingerprint density at radius 2 is 2.22 bits per heavy atom. The smallest absolute Gasteiger partial charge is 0.224 e. The van der Waals surface area contributed by atoms with Crippen LogP contribution in [0.15, 0.2) is 6.20 Å². The van der Waals surface area contributed by atoms with Crippen LogP contribution in [0.25, 0.3) is 11.0 Å². The summed E-state index contributed by atoms with van der Waals surface area (Å²) < 4.78 is 0. The predicted molar refractivity (Wildman–Crippen MR) is 65.9 cm³/mol. The Morgan fingerprint density at radius 3 is 3.11 bits per heavy atom. The molecule has 1 amide bonds. The van der Waals surface area contributed by atoms with Crippen molar-refractivity contribution in [1.29, 1.82) is 0 Å². The molecule has 0 aromatic carbocycles. The monoisotopic (exact) mass is 247 g/mol. The van der Waals surface area contributed by atoms with Crippen LogP contribution in [0.4, 0.5) is 11.8 Å². The van der Waals surface area contributed by atoms with Crippen LogP contribution in [0.1, 0.15) is 6.42 Å². The minimum absolute atomic E-state index is 0.0583. The van der Waals surface area contributed by atoms with Crippen LogP contribution < -0.4 is 16.0 Å². The molecule has 0 saturated carbocycles. The van der Waals surface area contributed by atoms with Crippen molar-refractivity contribution in [3.05, 3.63) is 6.20 Å². The van der Waals surface area contributed by atoms with Crippen LogP contribution in [0, 0.1) is 0 Å². The fourth-order valence-electron chi connectivity index (χ4n) is 2.06. The number of aromatic nitrogens is 4. The average Bonchev–Trinajstić information content (AvgIpc) is 2.70. The first-order valence-corrected chi connectivity index (χ1v) is 5.72. The molecule has 2 aromatic rings. The van der Waals surface area contributed by atoms with E-state index in [-0.39, 0.29) is 11.9 Å². The summed E-state index contributed by atoms with van der Waals surface area (Å²) in [4.78, 5) is 21.7. The number of nitrogen functional groups attached to an aromatic ring is 1. The first-order chi connectivity index (χ1) is 8.74. The summed E-state index contributed by atoms with van der Waals surface area (Å²) >= 11 is 0. The third-order valence-electron chi connectivity index (χ3n) is 2.92. The molecule has 0 radical (unpaired) electrons. The van der Waals surface area contributed by atoms with E-state index in [2.05, 4.69) is 25.5 Å². The van der Waals surface area contributed by atoms with Crippen molar-refractivity contribution >= 4 is 28.7 Å². The molecule has 0 unspecified atom stereocenters. The minimum atomic E-state index is 0.0583. The van der Waals surface area contributed by atoms with Gasteiger partial charge in [-0.3, -0.25) is 9.89 Å². The molecule has 3 rings (SSSR count). The lowest BCUT2D eigenvalue weighted by atomic mass is 10.3. The van der Waals surface area contributed by atoms with E-state index in [9.17, 15) is 4.79 Å². The maximum atomic E-state index is 11.3. The Labute approximate surface area is 103 Å². The number of aromatic amines is 1. The molecule has 8 nitrogen and oxygen atoms in total. The van der Waals surface area contributed by atoms with Crippen LogP contribution in [0.3, 0.4) is 0 Å². The summed E-state index contributed by atoms with van der Waals surface area (Å²) in [6.45, 7) is 1.91. The largest absolute Gasteiger partial charge is 0.368 e. The maximum absolute atomic E-state index is 11.3. The van der Waals surface area contributed by atoms with Gasteiger partial charge in [0.25, 0.3) is 0 Å². The van der Waals surface area contributed by atoms with E-state index in [0.717, 1.165) is 11.2 Å². The van der Waals surface area contributed by atoms with E-state index < -0.39 is 0 Å². The Morgan fingerprint density at radius 1 is 1.33 bits per heavy atom. The molecule has 8 heteroatoms. The number of anilines is 2. The number of hydrogen-bond donors (Lipinski definition) is 3.